The largest absolute Gasteiger partial charge is 0.343 e. The van der Waals surface area contributed by atoms with Crippen molar-refractivity contribution < 1.29 is 4.79 Å². The van der Waals surface area contributed by atoms with E-state index in [-0.39, 0.29) is 0 Å². The third-order valence-corrected chi connectivity index (χ3v) is 6.42. The summed E-state index contributed by atoms with van der Waals surface area (Å²) in [7, 11) is 0. The molecule has 0 bridgehead atoms. The van der Waals surface area contributed by atoms with Crippen LogP contribution in [0.5, 0.6) is 0 Å². The van der Waals surface area contributed by atoms with E-state index in [2.05, 4.69) is 11.8 Å². The van der Waals surface area contributed by atoms with Crippen molar-refractivity contribution in [1.82, 2.24) is 4.90 Å². The number of hydrogen-bond acceptors (Lipinski definition) is 1. The SMILES string of the molecule is CCCCCCC1CC1CCCCCCCCCC(=O)N1CCCC1. The van der Waals surface area contributed by atoms with Crippen molar-refractivity contribution in [3.63, 3.8) is 0 Å². The molecule has 0 aromatic carbocycles. The first kappa shape index (κ1) is 20.8. The highest BCUT2D eigenvalue weighted by molar-refractivity contribution is 5.76. The van der Waals surface area contributed by atoms with Crippen molar-refractivity contribution in [2.24, 2.45) is 11.8 Å². The van der Waals surface area contributed by atoms with E-state index in [4.69, 9.17) is 0 Å². The molecule has 1 amide bonds. The molecule has 1 heterocycles. The van der Waals surface area contributed by atoms with E-state index in [1.54, 1.807) is 0 Å². The smallest absolute Gasteiger partial charge is 0.222 e. The molecule has 2 heteroatoms. The van der Waals surface area contributed by atoms with E-state index < -0.39 is 0 Å². The second-order valence-corrected chi connectivity index (χ2v) is 8.71. The van der Waals surface area contributed by atoms with Crippen molar-refractivity contribution in [3.8, 4) is 0 Å². The molecule has 2 aliphatic rings. The first-order valence-corrected chi connectivity index (χ1v) is 11.6. The maximum absolute atomic E-state index is 11.9. The zero-order chi connectivity index (χ0) is 17.7. The average Bonchev–Trinajstić information content (AvgIpc) is 3.12. The zero-order valence-electron chi connectivity index (χ0n) is 16.9. The van der Waals surface area contributed by atoms with Crippen LogP contribution in [0.2, 0.25) is 0 Å². The summed E-state index contributed by atoms with van der Waals surface area (Å²) in [5.74, 6) is 2.61. The second-order valence-electron chi connectivity index (χ2n) is 8.71. The fourth-order valence-electron chi connectivity index (χ4n) is 4.54. The summed E-state index contributed by atoms with van der Waals surface area (Å²) in [4.78, 5) is 14.0. The van der Waals surface area contributed by atoms with Gasteiger partial charge < -0.3 is 4.90 Å². The maximum atomic E-state index is 11.9. The summed E-state index contributed by atoms with van der Waals surface area (Å²) in [6.45, 7) is 4.33. The molecule has 25 heavy (non-hydrogen) atoms. The Kier molecular flexibility index (Phi) is 10.6. The van der Waals surface area contributed by atoms with Crippen LogP contribution in [0.1, 0.15) is 116 Å². The Bertz CT molecular complexity index is 348. The van der Waals surface area contributed by atoms with Crippen molar-refractivity contribution in [3.05, 3.63) is 0 Å². The Morgan fingerprint density at radius 3 is 1.88 bits per heavy atom. The maximum Gasteiger partial charge on any atom is 0.222 e. The minimum Gasteiger partial charge on any atom is -0.343 e. The Labute approximate surface area is 157 Å². The zero-order valence-corrected chi connectivity index (χ0v) is 16.9. The topological polar surface area (TPSA) is 20.3 Å². The number of carbonyl (C=O) groups is 1. The molecule has 2 fully saturated rings. The van der Waals surface area contributed by atoms with Crippen LogP contribution in [0, 0.1) is 11.8 Å². The third-order valence-electron chi connectivity index (χ3n) is 6.42. The average molecular weight is 350 g/mol. The van der Waals surface area contributed by atoms with Crippen LogP contribution in [0.3, 0.4) is 0 Å². The molecule has 146 valence electrons. The molecule has 1 saturated heterocycles. The van der Waals surface area contributed by atoms with Crippen LogP contribution < -0.4 is 0 Å². The highest BCUT2D eigenvalue weighted by atomic mass is 16.2. The minimum absolute atomic E-state index is 0.409. The van der Waals surface area contributed by atoms with Gasteiger partial charge in [0.25, 0.3) is 0 Å². The van der Waals surface area contributed by atoms with Crippen LogP contribution in [0.25, 0.3) is 0 Å². The Hall–Kier alpha value is -0.530. The summed E-state index contributed by atoms with van der Waals surface area (Å²) in [5, 5.41) is 0. The Balaban J connectivity index is 1.29. The molecular formula is C23H43NO. The van der Waals surface area contributed by atoms with E-state index in [1.807, 2.05) is 0 Å². The third kappa shape index (κ3) is 9.11. The molecule has 2 nitrogen and oxygen atoms in total. The monoisotopic (exact) mass is 349 g/mol. The lowest BCUT2D eigenvalue weighted by molar-refractivity contribution is -0.130. The number of hydrogen-bond donors (Lipinski definition) is 0. The van der Waals surface area contributed by atoms with Crippen molar-refractivity contribution >= 4 is 5.91 Å². The van der Waals surface area contributed by atoms with Gasteiger partial charge in [0.2, 0.25) is 5.91 Å². The molecule has 1 aliphatic carbocycles. The summed E-state index contributed by atoms with van der Waals surface area (Å²) >= 11 is 0. The lowest BCUT2D eigenvalue weighted by Crippen LogP contribution is -2.27. The van der Waals surface area contributed by atoms with Gasteiger partial charge in [-0.15, -0.1) is 0 Å². The van der Waals surface area contributed by atoms with Gasteiger partial charge in [-0.1, -0.05) is 84.0 Å². The molecule has 1 saturated carbocycles. The van der Waals surface area contributed by atoms with E-state index in [1.165, 1.54) is 96.3 Å². The van der Waals surface area contributed by atoms with Crippen LogP contribution in [0.4, 0.5) is 0 Å². The van der Waals surface area contributed by atoms with E-state index in [9.17, 15) is 4.79 Å². The van der Waals surface area contributed by atoms with Crippen LogP contribution in [-0.2, 0) is 4.79 Å². The molecule has 0 radical (unpaired) electrons. The summed E-state index contributed by atoms with van der Waals surface area (Å²) in [6.07, 6.45) is 22.9. The highest BCUT2D eigenvalue weighted by Gasteiger charge is 2.34. The number of carbonyl (C=O) groups excluding carboxylic acids is 1. The first-order valence-electron chi connectivity index (χ1n) is 11.6. The van der Waals surface area contributed by atoms with Gasteiger partial charge in [0.05, 0.1) is 0 Å². The number of unbranched alkanes of at least 4 members (excludes halogenated alkanes) is 9. The number of amides is 1. The fraction of sp³-hybridized carbons (Fsp3) is 0.957. The molecule has 2 rings (SSSR count). The molecule has 0 aromatic rings. The molecule has 2 atom stereocenters. The van der Waals surface area contributed by atoms with E-state index in [0.717, 1.165) is 37.8 Å². The lowest BCUT2D eigenvalue weighted by Gasteiger charge is -2.14. The highest BCUT2D eigenvalue weighted by Crippen LogP contribution is 2.45. The minimum atomic E-state index is 0.409. The predicted molar refractivity (Wildman–Crippen MR) is 108 cm³/mol. The van der Waals surface area contributed by atoms with E-state index >= 15 is 0 Å². The standard InChI is InChI=1S/C23H43NO/c1-2-3-4-10-15-21-20-22(21)16-11-8-6-5-7-9-12-17-23(25)24-18-13-14-19-24/h21-22H,2-20H2,1H3. The molecule has 1 aliphatic heterocycles. The lowest BCUT2D eigenvalue weighted by atomic mass is 10.0. The molecular weight excluding hydrogens is 306 g/mol. The van der Waals surface area contributed by atoms with Gasteiger partial charge in [-0.2, -0.15) is 0 Å². The van der Waals surface area contributed by atoms with Gasteiger partial charge in [-0.25, -0.2) is 0 Å². The summed E-state index contributed by atoms with van der Waals surface area (Å²) < 4.78 is 0. The second kappa shape index (κ2) is 12.8. The predicted octanol–water partition coefficient (Wildman–Crippen LogP) is 6.73. The number of likely N-dealkylation sites (tertiary alicyclic amines) is 1. The molecule has 0 spiro atoms. The molecule has 0 N–H and O–H groups in total. The van der Waals surface area contributed by atoms with Gasteiger partial charge in [-0.3, -0.25) is 4.79 Å². The molecule has 2 unspecified atom stereocenters. The van der Waals surface area contributed by atoms with Gasteiger partial charge in [0.1, 0.15) is 0 Å². The van der Waals surface area contributed by atoms with Crippen LogP contribution in [-0.4, -0.2) is 23.9 Å². The number of nitrogens with zero attached hydrogens (tertiary/aromatic N) is 1. The van der Waals surface area contributed by atoms with Gasteiger partial charge in [0, 0.05) is 19.5 Å². The number of rotatable bonds is 15. The Morgan fingerprint density at radius 2 is 1.28 bits per heavy atom. The normalized spacial score (nSPS) is 22.5. The summed E-state index contributed by atoms with van der Waals surface area (Å²) in [6, 6.07) is 0. The fourth-order valence-corrected chi connectivity index (χ4v) is 4.54. The summed E-state index contributed by atoms with van der Waals surface area (Å²) in [5.41, 5.74) is 0. The van der Waals surface area contributed by atoms with Crippen molar-refractivity contribution in [2.75, 3.05) is 13.1 Å². The van der Waals surface area contributed by atoms with Crippen LogP contribution >= 0.6 is 0 Å². The van der Waals surface area contributed by atoms with Crippen molar-refractivity contribution in [1.29, 1.82) is 0 Å². The van der Waals surface area contributed by atoms with Crippen molar-refractivity contribution in [2.45, 2.75) is 116 Å². The quantitative estimate of drug-likeness (QED) is 0.300. The van der Waals surface area contributed by atoms with Crippen LogP contribution in [0.15, 0.2) is 0 Å². The molecule has 0 aromatic heterocycles. The van der Waals surface area contributed by atoms with Gasteiger partial charge >= 0.3 is 0 Å². The van der Waals surface area contributed by atoms with Gasteiger partial charge in [0.15, 0.2) is 0 Å². The van der Waals surface area contributed by atoms with E-state index in [0.29, 0.717) is 5.91 Å². The Morgan fingerprint density at radius 1 is 0.760 bits per heavy atom. The first-order chi connectivity index (χ1) is 12.3. The van der Waals surface area contributed by atoms with Gasteiger partial charge in [-0.05, 0) is 37.5 Å².